The Morgan fingerprint density at radius 2 is 1.86 bits per heavy atom. The molecule has 6 heteroatoms. The summed E-state index contributed by atoms with van der Waals surface area (Å²) in [6.07, 6.45) is -0.0426. The van der Waals surface area contributed by atoms with Gasteiger partial charge in [-0.1, -0.05) is 0 Å². The van der Waals surface area contributed by atoms with Crippen molar-refractivity contribution in [3.8, 4) is 11.5 Å². The first-order chi connectivity index (χ1) is 6.38. The minimum atomic E-state index is -4.04. The predicted molar refractivity (Wildman–Crippen MR) is 49.9 cm³/mol. The summed E-state index contributed by atoms with van der Waals surface area (Å²) in [5.41, 5.74) is 0.280. The molecular formula is C8H10O5S. The smallest absolute Gasteiger partial charge is 0.265 e. The topological polar surface area (TPSA) is 94.8 Å². The van der Waals surface area contributed by atoms with Crippen molar-refractivity contribution in [1.29, 1.82) is 0 Å². The Bertz CT molecular complexity index is 423. The molecule has 0 aliphatic rings. The van der Waals surface area contributed by atoms with Gasteiger partial charge in [-0.2, -0.15) is 8.42 Å². The van der Waals surface area contributed by atoms with Crippen LogP contribution in [0.1, 0.15) is 5.56 Å². The number of rotatable bonds is 3. The lowest BCUT2D eigenvalue weighted by Crippen LogP contribution is -2.06. The van der Waals surface area contributed by atoms with Gasteiger partial charge in [-0.3, -0.25) is 4.55 Å². The number of phenolic OH excluding ortho intramolecular Hbond substituents is 2. The minimum absolute atomic E-state index is 0.0426. The fourth-order valence-corrected chi connectivity index (χ4v) is 1.49. The molecule has 14 heavy (non-hydrogen) atoms. The van der Waals surface area contributed by atoms with Crippen molar-refractivity contribution in [1.82, 2.24) is 0 Å². The van der Waals surface area contributed by atoms with Crippen LogP contribution in [0.15, 0.2) is 18.2 Å². The molecule has 0 aliphatic carbocycles. The second-order valence-corrected chi connectivity index (χ2v) is 4.42. The molecule has 78 valence electrons. The number of aryl methyl sites for hydroxylation is 1. The number of hydrogen-bond donors (Lipinski definition) is 3. The van der Waals surface area contributed by atoms with Gasteiger partial charge >= 0.3 is 0 Å². The van der Waals surface area contributed by atoms with E-state index in [0.29, 0.717) is 0 Å². The van der Waals surface area contributed by atoms with Crippen LogP contribution in [0.3, 0.4) is 0 Å². The van der Waals surface area contributed by atoms with Gasteiger partial charge in [0.05, 0.1) is 5.75 Å². The van der Waals surface area contributed by atoms with Crippen LogP contribution in [0.5, 0.6) is 11.5 Å². The first-order valence-corrected chi connectivity index (χ1v) is 5.45. The Balaban J connectivity index is 2.81. The Labute approximate surface area is 81.4 Å². The quantitative estimate of drug-likeness (QED) is 0.508. The van der Waals surface area contributed by atoms with E-state index in [9.17, 15) is 13.5 Å². The molecule has 1 aromatic rings. The molecule has 0 fully saturated rings. The molecule has 0 heterocycles. The van der Waals surface area contributed by atoms with Gasteiger partial charge < -0.3 is 10.2 Å². The van der Waals surface area contributed by atoms with E-state index < -0.39 is 15.9 Å². The Morgan fingerprint density at radius 1 is 1.21 bits per heavy atom. The number of benzene rings is 1. The zero-order valence-electron chi connectivity index (χ0n) is 7.21. The number of hydrogen-bond acceptors (Lipinski definition) is 4. The van der Waals surface area contributed by atoms with E-state index in [1.807, 2.05) is 0 Å². The highest BCUT2D eigenvalue weighted by molar-refractivity contribution is 7.85. The Kier molecular flexibility index (Phi) is 2.97. The summed E-state index contributed by atoms with van der Waals surface area (Å²) in [5.74, 6) is -0.649. The summed E-state index contributed by atoms with van der Waals surface area (Å²) in [6, 6.07) is 3.79. The normalized spacial score (nSPS) is 11.5. The maximum atomic E-state index is 10.4. The fourth-order valence-electron chi connectivity index (χ4n) is 1.01. The standard InChI is InChI=1S/C8H10O5S/c9-7-1-2-8(10)6(5-7)3-4-14(11,12)13/h1-2,5,9-10H,3-4H2,(H,11,12,13). The van der Waals surface area contributed by atoms with Gasteiger partial charge in [-0.25, -0.2) is 0 Å². The molecule has 0 saturated heterocycles. The fraction of sp³-hybridized carbons (Fsp3) is 0.250. The second kappa shape index (κ2) is 3.85. The molecule has 0 unspecified atom stereocenters. The molecule has 3 N–H and O–H groups in total. The number of phenols is 2. The molecule has 1 aromatic carbocycles. The van der Waals surface area contributed by atoms with Crippen LogP contribution in [0.25, 0.3) is 0 Å². The lowest BCUT2D eigenvalue weighted by atomic mass is 10.1. The third kappa shape index (κ3) is 3.23. The largest absolute Gasteiger partial charge is 0.508 e. The molecule has 0 aliphatic heterocycles. The van der Waals surface area contributed by atoms with Gasteiger partial charge in [0.1, 0.15) is 11.5 Å². The third-order valence-corrected chi connectivity index (χ3v) is 2.41. The molecule has 0 amide bonds. The van der Waals surface area contributed by atoms with Crippen LogP contribution in [0.4, 0.5) is 0 Å². The highest BCUT2D eigenvalue weighted by Gasteiger charge is 2.08. The molecule has 1 rings (SSSR count). The van der Waals surface area contributed by atoms with Crippen molar-refractivity contribution in [3.63, 3.8) is 0 Å². The second-order valence-electron chi connectivity index (χ2n) is 2.85. The molecule has 0 aromatic heterocycles. The SMILES string of the molecule is O=S(=O)(O)CCc1cc(O)ccc1O. The first-order valence-electron chi connectivity index (χ1n) is 3.84. The van der Waals surface area contributed by atoms with Gasteiger partial charge in [-0.05, 0) is 30.2 Å². The van der Waals surface area contributed by atoms with E-state index in [1.165, 1.54) is 18.2 Å². The van der Waals surface area contributed by atoms with Crippen LogP contribution < -0.4 is 0 Å². The van der Waals surface area contributed by atoms with Gasteiger partial charge in [0.15, 0.2) is 0 Å². The lowest BCUT2D eigenvalue weighted by Gasteiger charge is -2.03. The van der Waals surface area contributed by atoms with Gasteiger partial charge in [0, 0.05) is 0 Å². The third-order valence-electron chi connectivity index (χ3n) is 1.69. The highest BCUT2D eigenvalue weighted by Crippen LogP contribution is 2.22. The average Bonchev–Trinajstić information content (AvgIpc) is 2.05. The molecule has 0 spiro atoms. The van der Waals surface area contributed by atoms with Gasteiger partial charge in [0.2, 0.25) is 0 Å². The van der Waals surface area contributed by atoms with E-state index in [-0.39, 0.29) is 23.5 Å². The van der Waals surface area contributed by atoms with Crippen molar-refractivity contribution < 1.29 is 23.2 Å². The lowest BCUT2D eigenvalue weighted by molar-refractivity contribution is 0.453. The molecule has 0 bridgehead atoms. The maximum absolute atomic E-state index is 10.4. The molecule has 0 radical (unpaired) electrons. The van der Waals surface area contributed by atoms with E-state index >= 15 is 0 Å². The van der Waals surface area contributed by atoms with E-state index in [0.717, 1.165) is 0 Å². The summed E-state index contributed by atoms with van der Waals surface area (Å²) >= 11 is 0. The van der Waals surface area contributed by atoms with Crippen molar-refractivity contribution in [2.24, 2.45) is 0 Å². The zero-order chi connectivity index (χ0) is 10.8. The zero-order valence-corrected chi connectivity index (χ0v) is 8.03. The number of aromatic hydroxyl groups is 2. The van der Waals surface area contributed by atoms with Crippen LogP contribution in [-0.2, 0) is 16.5 Å². The van der Waals surface area contributed by atoms with Crippen LogP contribution in [-0.4, -0.2) is 28.9 Å². The van der Waals surface area contributed by atoms with Crippen molar-refractivity contribution in [2.75, 3.05) is 5.75 Å². The molecular weight excluding hydrogens is 208 g/mol. The first kappa shape index (κ1) is 10.8. The van der Waals surface area contributed by atoms with E-state index in [4.69, 9.17) is 9.66 Å². The average molecular weight is 218 g/mol. The highest BCUT2D eigenvalue weighted by atomic mass is 32.2. The van der Waals surface area contributed by atoms with Crippen molar-refractivity contribution >= 4 is 10.1 Å². The van der Waals surface area contributed by atoms with Gasteiger partial charge in [-0.15, -0.1) is 0 Å². The van der Waals surface area contributed by atoms with Crippen molar-refractivity contribution in [3.05, 3.63) is 23.8 Å². The van der Waals surface area contributed by atoms with Crippen LogP contribution >= 0.6 is 0 Å². The monoisotopic (exact) mass is 218 g/mol. The minimum Gasteiger partial charge on any atom is -0.508 e. The van der Waals surface area contributed by atoms with E-state index in [2.05, 4.69) is 0 Å². The van der Waals surface area contributed by atoms with Gasteiger partial charge in [0.25, 0.3) is 10.1 Å². The Hall–Kier alpha value is -1.27. The summed E-state index contributed by atoms with van der Waals surface area (Å²) in [6.45, 7) is 0. The van der Waals surface area contributed by atoms with E-state index in [1.54, 1.807) is 0 Å². The molecule has 0 saturated carbocycles. The maximum Gasteiger partial charge on any atom is 0.265 e. The summed E-state index contributed by atoms with van der Waals surface area (Å²) in [5, 5.41) is 18.3. The summed E-state index contributed by atoms with van der Waals surface area (Å²) in [4.78, 5) is 0. The molecule has 5 nitrogen and oxygen atoms in total. The molecule has 0 atom stereocenters. The summed E-state index contributed by atoms with van der Waals surface area (Å²) < 4.78 is 29.3. The predicted octanol–water partition coefficient (Wildman–Crippen LogP) is 0.528. The summed E-state index contributed by atoms with van der Waals surface area (Å²) in [7, 11) is -4.04. The van der Waals surface area contributed by atoms with Crippen molar-refractivity contribution in [2.45, 2.75) is 6.42 Å². The van der Waals surface area contributed by atoms with Crippen LogP contribution in [0.2, 0.25) is 0 Å². The Morgan fingerprint density at radius 3 is 2.43 bits per heavy atom. The van der Waals surface area contributed by atoms with Crippen LogP contribution in [0, 0.1) is 0 Å².